The molecule has 112 valence electrons. The van der Waals surface area contributed by atoms with Crippen LogP contribution in [-0.4, -0.2) is 35.1 Å². The Morgan fingerprint density at radius 2 is 2.00 bits per heavy atom. The van der Waals surface area contributed by atoms with Crippen molar-refractivity contribution in [2.24, 2.45) is 0 Å². The highest BCUT2D eigenvalue weighted by Crippen LogP contribution is 2.26. The van der Waals surface area contributed by atoms with Crippen LogP contribution in [-0.2, 0) is 0 Å². The molecule has 0 bridgehead atoms. The van der Waals surface area contributed by atoms with Gasteiger partial charge >= 0.3 is 0 Å². The van der Waals surface area contributed by atoms with Crippen molar-refractivity contribution in [2.75, 3.05) is 18.4 Å². The molecule has 1 aromatic rings. The van der Waals surface area contributed by atoms with Gasteiger partial charge in [-0.05, 0) is 44.4 Å². The van der Waals surface area contributed by atoms with Crippen molar-refractivity contribution in [1.82, 2.24) is 9.88 Å². The van der Waals surface area contributed by atoms with Gasteiger partial charge in [0.15, 0.2) is 0 Å². The molecule has 0 aromatic carbocycles. The van der Waals surface area contributed by atoms with Gasteiger partial charge in [-0.1, -0.05) is 19.3 Å². The van der Waals surface area contributed by atoms with Crippen LogP contribution in [0.5, 0.6) is 0 Å². The summed E-state index contributed by atoms with van der Waals surface area (Å²) in [6.07, 6.45) is 11.1. The van der Waals surface area contributed by atoms with E-state index in [1.54, 1.807) is 6.20 Å². The van der Waals surface area contributed by atoms with Gasteiger partial charge in [0.2, 0.25) is 0 Å². The van der Waals surface area contributed by atoms with E-state index >= 15 is 0 Å². The third-order valence-corrected chi connectivity index (χ3v) is 4.79. The SMILES string of the molecule is N#Cc1ccc(NC2CCCN(C3CCCCC3)C2)nc1. The van der Waals surface area contributed by atoms with Crippen molar-refractivity contribution in [3.8, 4) is 6.07 Å². The van der Waals surface area contributed by atoms with Crippen LogP contribution in [0.25, 0.3) is 0 Å². The molecule has 2 heterocycles. The summed E-state index contributed by atoms with van der Waals surface area (Å²) in [5.41, 5.74) is 0.619. The Morgan fingerprint density at radius 1 is 1.14 bits per heavy atom. The highest BCUT2D eigenvalue weighted by atomic mass is 15.2. The fourth-order valence-corrected chi connectivity index (χ4v) is 3.66. The van der Waals surface area contributed by atoms with Crippen molar-refractivity contribution in [1.29, 1.82) is 5.26 Å². The maximum Gasteiger partial charge on any atom is 0.126 e. The van der Waals surface area contributed by atoms with Gasteiger partial charge in [0.05, 0.1) is 5.56 Å². The lowest BCUT2D eigenvalue weighted by molar-refractivity contribution is 0.124. The molecular weight excluding hydrogens is 260 g/mol. The smallest absolute Gasteiger partial charge is 0.126 e. The summed E-state index contributed by atoms with van der Waals surface area (Å²) in [7, 11) is 0. The van der Waals surface area contributed by atoms with E-state index in [-0.39, 0.29) is 0 Å². The first-order valence-corrected chi connectivity index (χ1v) is 8.22. The summed E-state index contributed by atoms with van der Waals surface area (Å²) in [5.74, 6) is 0.893. The first-order valence-electron chi connectivity index (χ1n) is 8.22. The van der Waals surface area contributed by atoms with E-state index in [1.807, 2.05) is 12.1 Å². The minimum absolute atomic E-state index is 0.487. The number of hydrogen-bond donors (Lipinski definition) is 1. The van der Waals surface area contributed by atoms with Crippen molar-refractivity contribution in [3.63, 3.8) is 0 Å². The van der Waals surface area contributed by atoms with Crippen LogP contribution in [0.2, 0.25) is 0 Å². The van der Waals surface area contributed by atoms with E-state index in [0.29, 0.717) is 11.6 Å². The number of likely N-dealkylation sites (tertiary alicyclic amines) is 1. The number of aromatic nitrogens is 1. The lowest BCUT2D eigenvalue weighted by Crippen LogP contribution is -2.47. The van der Waals surface area contributed by atoms with Crippen molar-refractivity contribution in [3.05, 3.63) is 23.9 Å². The molecule has 1 aromatic heterocycles. The molecule has 1 aliphatic heterocycles. The summed E-state index contributed by atoms with van der Waals surface area (Å²) >= 11 is 0. The van der Waals surface area contributed by atoms with E-state index in [4.69, 9.17) is 5.26 Å². The molecule has 0 radical (unpaired) electrons. The molecule has 1 saturated carbocycles. The molecule has 1 aliphatic carbocycles. The van der Waals surface area contributed by atoms with Crippen LogP contribution in [0.3, 0.4) is 0 Å². The van der Waals surface area contributed by atoms with Crippen molar-refractivity contribution < 1.29 is 0 Å². The number of anilines is 1. The Balaban J connectivity index is 1.56. The zero-order valence-electron chi connectivity index (χ0n) is 12.6. The Bertz CT molecular complexity index is 485. The summed E-state index contributed by atoms with van der Waals surface area (Å²) in [4.78, 5) is 7.01. The first-order chi connectivity index (χ1) is 10.3. The van der Waals surface area contributed by atoms with Gasteiger partial charge in [-0.3, -0.25) is 4.90 Å². The summed E-state index contributed by atoms with van der Waals surface area (Å²) in [6, 6.07) is 7.14. The van der Waals surface area contributed by atoms with Crippen LogP contribution in [0.15, 0.2) is 18.3 Å². The number of rotatable bonds is 3. The average molecular weight is 284 g/mol. The molecular formula is C17H24N4. The van der Waals surface area contributed by atoms with Gasteiger partial charge < -0.3 is 5.32 Å². The van der Waals surface area contributed by atoms with Crippen LogP contribution in [0.4, 0.5) is 5.82 Å². The standard InChI is InChI=1S/C17H24N4/c18-11-14-8-9-17(19-12-14)20-15-5-4-10-21(13-15)16-6-2-1-3-7-16/h8-9,12,15-16H,1-7,10,13H2,(H,19,20). The number of hydrogen-bond acceptors (Lipinski definition) is 4. The largest absolute Gasteiger partial charge is 0.366 e. The highest BCUT2D eigenvalue weighted by molar-refractivity contribution is 5.39. The third kappa shape index (κ3) is 3.74. The summed E-state index contributed by atoms with van der Waals surface area (Å²) < 4.78 is 0. The predicted molar refractivity (Wildman–Crippen MR) is 84.0 cm³/mol. The van der Waals surface area contributed by atoms with Gasteiger partial charge in [0, 0.05) is 24.8 Å². The van der Waals surface area contributed by atoms with Gasteiger partial charge in [0.1, 0.15) is 11.9 Å². The van der Waals surface area contributed by atoms with E-state index in [0.717, 1.165) is 18.4 Å². The Kier molecular flexibility index (Phi) is 4.72. The van der Waals surface area contributed by atoms with E-state index in [1.165, 1.54) is 51.5 Å². The maximum atomic E-state index is 8.81. The fraction of sp³-hybridized carbons (Fsp3) is 0.647. The average Bonchev–Trinajstić information content (AvgIpc) is 2.57. The predicted octanol–water partition coefficient (Wildman–Crippen LogP) is 3.16. The molecule has 21 heavy (non-hydrogen) atoms. The molecule has 4 heteroatoms. The monoisotopic (exact) mass is 284 g/mol. The minimum Gasteiger partial charge on any atom is -0.366 e. The summed E-state index contributed by atoms with van der Waals surface area (Å²) in [6.45, 7) is 2.38. The van der Waals surface area contributed by atoms with Crippen molar-refractivity contribution >= 4 is 5.82 Å². The number of pyridine rings is 1. The third-order valence-electron chi connectivity index (χ3n) is 4.79. The molecule has 0 spiro atoms. The second kappa shape index (κ2) is 6.91. The molecule has 1 saturated heterocycles. The highest BCUT2D eigenvalue weighted by Gasteiger charge is 2.26. The number of nitrogens with zero attached hydrogens (tertiary/aromatic N) is 3. The molecule has 3 rings (SSSR count). The fourth-order valence-electron chi connectivity index (χ4n) is 3.66. The number of nitriles is 1. The van der Waals surface area contributed by atoms with Gasteiger partial charge in [-0.25, -0.2) is 4.98 Å². The summed E-state index contributed by atoms with van der Waals surface area (Å²) in [5, 5.41) is 12.4. The second-order valence-corrected chi connectivity index (χ2v) is 6.31. The second-order valence-electron chi connectivity index (χ2n) is 6.31. The molecule has 1 unspecified atom stereocenters. The van der Waals surface area contributed by atoms with Crippen LogP contribution in [0, 0.1) is 11.3 Å². The zero-order chi connectivity index (χ0) is 14.5. The van der Waals surface area contributed by atoms with Crippen LogP contribution < -0.4 is 5.32 Å². The Labute approximate surface area is 127 Å². The minimum atomic E-state index is 0.487. The normalized spacial score (nSPS) is 24.4. The molecule has 0 amide bonds. The lowest BCUT2D eigenvalue weighted by Gasteiger charge is -2.40. The lowest BCUT2D eigenvalue weighted by atomic mass is 9.92. The van der Waals surface area contributed by atoms with E-state index in [9.17, 15) is 0 Å². The Hall–Kier alpha value is -1.60. The topological polar surface area (TPSA) is 52.0 Å². The van der Waals surface area contributed by atoms with Crippen molar-refractivity contribution in [2.45, 2.75) is 57.0 Å². The van der Waals surface area contributed by atoms with E-state index < -0.39 is 0 Å². The molecule has 2 aliphatic rings. The zero-order valence-corrected chi connectivity index (χ0v) is 12.6. The molecule has 2 fully saturated rings. The molecule has 1 N–H and O–H groups in total. The van der Waals surface area contributed by atoms with Gasteiger partial charge in [-0.2, -0.15) is 5.26 Å². The molecule has 4 nitrogen and oxygen atoms in total. The van der Waals surface area contributed by atoms with Gasteiger partial charge in [0.25, 0.3) is 0 Å². The Morgan fingerprint density at radius 3 is 2.71 bits per heavy atom. The number of piperidine rings is 1. The van der Waals surface area contributed by atoms with Crippen LogP contribution >= 0.6 is 0 Å². The maximum absolute atomic E-state index is 8.81. The molecule has 1 atom stereocenters. The first kappa shape index (κ1) is 14.3. The van der Waals surface area contributed by atoms with Crippen LogP contribution in [0.1, 0.15) is 50.5 Å². The number of nitrogens with one attached hydrogen (secondary N) is 1. The van der Waals surface area contributed by atoms with Gasteiger partial charge in [-0.15, -0.1) is 0 Å². The quantitative estimate of drug-likeness (QED) is 0.926. The van der Waals surface area contributed by atoms with E-state index in [2.05, 4.69) is 21.3 Å².